The molecule has 1 aliphatic rings. The fraction of sp³-hybridized carbons (Fsp3) is 0.200. The Morgan fingerprint density at radius 3 is 2.70 bits per heavy atom. The van der Waals surface area contributed by atoms with Crippen molar-refractivity contribution in [2.75, 3.05) is 25.1 Å². The molecule has 0 unspecified atom stereocenters. The molecular formula is C20H19BrN2O4. The lowest BCUT2D eigenvalue weighted by molar-refractivity contribution is -0.121. The van der Waals surface area contributed by atoms with E-state index >= 15 is 0 Å². The molecule has 0 atom stereocenters. The summed E-state index contributed by atoms with van der Waals surface area (Å²) in [5.41, 5.74) is 1.89. The lowest BCUT2D eigenvalue weighted by Gasteiger charge is -2.20. The van der Waals surface area contributed by atoms with Crippen LogP contribution < -0.4 is 20.1 Å². The van der Waals surface area contributed by atoms with E-state index in [1.807, 2.05) is 37.3 Å². The van der Waals surface area contributed by atoms with Crippen molar-refractivity contribution in [1.29, 1.82) is 0 Å². The SMILES string of the molecule is CCOc1cccc2c1OCC(C(=O)NCC(=O)Nc1ccc(Br)cc1)=C2. The number of hydrogen-bond donors (Lipinski definition) is 2. The molecule has 2 N–H and O–H groups in total. The van der Waals surface area contributed by atoms with E-state index in [4.69, 9.17) is 9.47 Å². The molecule has 0 saturated carbocycles. The zero-order valence-corrected chi connectivity index (χ0v) is 16.3. The number of nitrogens with one attached hydrogen (secondary N) is 2. The molecule has 0 spiro atoms. The van der Waals surface area contributed by atoms with Gasteiger partial charge in [-0.1, -0.05) is 28.1 Å². The Morgan fingerprint density at radius 1 is 1.19 bits per heavy atom. The lowest BCUT2D eigenvalue weighted by atomic mass is 10.1. The van der Waals surface area contributed by atoms with Gasteiger partial charge in [-0.3, -0.25) is 9.59 Å². The highest BCUT2D eigenvalue weighted by Gasteiger charge is 2.20. The first-order valence-corrected chi connectivity index (χ1v) is 9.29. The highest BCUT2D eigenvalue weighted by molar-refractivity contribution is 9.10. The van der Waals surface area contributed by atoms with Gasteiger partial charge in [-0.05, 0) is 43.3 Å². The zero-order valence-electron chi connectivity index (χ0n) is 14.8. The second-order valence-electron chi connectivity index (χ2n) is 5.80. The van der Waals surface area contributed by atoms with Crippen LogP contribution in [0.4, 0.5) is 5.69 Å². The molecule has 2 amide bonds. The number of carbonyl (C=O) groups is 2. The summed E-state index contributed by atoms with van der Waals surface area (Å²) < 4.78 is 12.1. The summed E-state index contributed by atoms with van der Waals surface area (Å²) in [4.78, 5) is 24.3. The number of hydrogen-bond acceptors (Lipinski definition) is 4. The van der Waals surface area contributed by atoms with E-state index in [1.54, 1.807) is 18.2 Å². The number of carbonyl (C=O) groups excluding carboxylic acids is 2. The Kier molecular flexibility index (Phi) is 6.13. The highest BCUT2D eigenvalue weighted by atomic mass is 79.9. The highest BCUT2D eigenvalue weighted by Crippen LogP contribution is 2.35. The van der Waals surface area contributed by atoms with E-state index in [2.05, 4.69) is 26.6 Å². The first-order chi connectivity index (χ1) is 13.1. The van der Waals surface area contributed by atoms with E-state index < -0.39 is 0 Å². The van der Waals surface area contributed by atoms with Crippen molar-refractivity contribution in [2.45, 2.75) is 6.92 Å². The van der Waals surface area contributed by atoms with Gasteiger partial charge >= 0.3 is 0 Å². The molecule has 6 nitrogen and oxygen atoms in total. The first kappa shape index (κ1) is 19.0. The fourth-order valence-corrected chi connectivity index (χ4v) is 2.86. The van der Waals surface area contributed by atoms with Crippen LogP contribution in [0.25, 0.3) is 6.08 Å². The van der Waals surface area contributed by atoms with Crippen molar-refractivity contribution in [2.24, 2.45) is 0 Å². The fourth-order valence-electron chi connectivity index (χ4n) is 2.59. The molecule has 0 bridgehead atoms. The second kappa shape index (κ2) is 8.73. The van der Waals surface area contributed by atoms with Gasteiger partial charge in [-0.15, -0.1) is 0 Å². The van der Waals surface area contributed by atoms with Crippen molar-refractivity contribution in [3.05, 3.63) is 58.1 Å². The molecule has 7 heteroatoms. The van der Waals surface area contributed by atoms with Gasteiger partial charge in [0.15, 0.2) is 11.5 Å². The van der Waals surface area contributed by atoms with Crippen LogP contribution >= 0.6 is 15.9 Å². The monoisotopic (exact) mass is 430 g/mol. The Bertz CT molecular complexity index is 878. The minimum Gasteiger partial charge on any atom is -0.490 e. The number of halogens is 1. The summed E-state index contributed by atoms with van der Waals surface area (Å²) in [7, 11) is 0. The molecule has 140 valence electrons. The van der Waals surface area contributed by atoms with Crippen LogP contribution in [0, 0.1) is 0 Å². The average molecular weight is 431 g/mol. The zero-order chi connectivity index (χ0) is 19.2. The normalized spacial score (nSPS) is 12.3. The van der Waals surface area contributed by atoms with Crippen molar-refractivity contribution in [1.82, 2.24) is 5.32 Å². The molecule has 2 aromatic carbocycles. The summed E-state index contributed by atoms with van der Waals surface area (Å²) in [6.07, 6.45) is 1.75. The van der Waals surface area contributed by atoms with Crippen LogP contribution in [0.3, 0.4) is 0 Å². The summed E-state index contributed by atoms with van der Waals surface area (Å²) in [6.45, 7) is 2.43. The number of ether oxygens (including phenoxy) is 2. The Morgan fingerprint density at radius 2 is 1.96 bits per heavy atom. The van der Waals surface area contributed by atoms with Gasteiger partial charge in [0.25, 0.3) is 5.91 Å². The third-order valence-electron chi connectivity index (χ3n) is 3.84. The Balaban J connectivity index is 1.59. The van der Waals surface area contributed by atoms with E-state index in [1.165, 1.54) is 0 Å². The number of amides is 2. The standard InChI is InChI=1S/C20H19BrN2O4/c1-2-26-17-5-3-4-13-10-14(12-27-19(13)17)20(25)22-11-18(24)23-16-8-6-15(21)7-9-16/h3-10H,2,11-12H2,1H3,(H,22,25)(H,23,24). The van der Waals surface area contributed by atoms with Crippen molar-refractivity contribution in [3.63, 3.8) is 0 Å². The maximum Gasteiger partial charge on any atom is 0.251 e. The maximum atomic E-state index is 12.3. The predicted octanol–water partition coefficient (Wildman–Crippen LogP) is 3.38. The molecule has 3 rings (SSSR count). The second-order valence-corrected chi connectivity index (χ2v) is 6.72. The Hall–Kier alpha value is -2.80. The largest absolute Gasteiger partial charge is 0.490 e. The minimum absolute atomic E-state index is 0.122. The van der Waals surface area contributed by atoms with Gasteiger partial charge < -0.3 is 20.1 Å². The lowest BCUT2D eigenvalue weighted by Crippen LogP contribution is -2.35. The van der Waals surface area contributed by atoms with E-state index in [0.717, 1.165) is 10.0 Å². The summed E-state index contributed by atoms with van der Waals surface area (Å²) in [5.74, 6) is 0.638. The number of anilines is 1. The molecule has 1 aliphatic heterocycles. The predicted molar refractivity (Wildman–Crippen MR) is 107 cm³/mol. The first-order valence-electron chi connectivity index (χ1n) is 8.49. The third-order valence-corrected chi connectivity index (χ3v) is 4.37. The van der Waals surface area contributed by atoms with E-state index in [0.29, 0.717) is 29.4 Å². The van der Waals surface area contributed by atoms with Crippen LogP contribution in [0.1, 0.15) is 12.5 Å². The number of benzene rings is 2. The average Bonchev–Trinajstić information content (AvgIpc) is 2.68. The van der Waals surface area contributed by atoms with Gasteiger partial charge in [-0.2, -0.15) is 0 Å². The van der Waals surface area contributed by atoms with Crippen molar-refractivity contribution in [3.8, 4) is 11.5 Å². The number of para-hydroxylation sites is 1. The summed E-state index contributed by atoms with van der Waals surface area (Å²) in [5, 5.41) is 5.34. The van der Waals surface area contributed by atoms with Crippen molar-refractivity contribution >= 4 is 39.5 Å². The van der Waals surface area contributed by atoms with Crippen molar-refractivity contribution < 1.29 is 19.1 Å². The molecule has 0 aliphatic carbocycles. The van der Waals surface area contributed by atoms with E-state index in [-0.39, 0.29) is 25.0 Å². The molecular weight excluding hydrogens is 412 g/mol. The molecule has 1 heterocycles. The summed E-state index contributed by atoms with van der Waals surface area (Å²) in [6, 6.07) is 12.7. The maximum absolute atomic E-state index is 12.3. The van der Waals surface area contributed by atoms with Gasteiger partial charge in [0, 0.05) is 15.7 Å². The molecule has 2 aromatic rings. The number of fused-ring (bicyclic) bond motifs is 1. The van der Waals surface area contributed by atoms with Crippen LogP contribution in [-0.2, 0) is 9.59 Å². The Labute approximate surface area is 165 Å². The smallest absolute Gasteiger partial charge is 0.251 e. The molecule has 0 radical (unpaired) electrons. The molecule has 0 fully saturated rings. The van der Waals surface area contributed by atoms with Crippen LogP contribution in [-0.4, -0.2) is 31.6 Å². The molecule has 0 saturated heterocycles. The van der Waals surface area contributed by atoms with Gasteiger partial charge in [0.05, 0.1) is 18.7 Å². The molecule has 27 heavy (non-hydrogen) atoms. The topological polar surface area (TPSA) is 76.7 Å². The van der Waals surface area contributed by atoms with Gasteiger partial charge in [0.2, 0.25) is 5.91 Å². The van der Waals surface area contributed by atoms with Gasteiger partial charge in [-0.25, -0.2) is 0 Å². The number of rotatable bonds is 6. The third kappa shape index (κ3) is 4.89. The van der Waals surface area contributed by atoms with Crippen LogP contribution in [0.5, 0.6) is 11.5 Å². The molecule has 0 aromatic heterocycles. The van der Waals surface area contributed by atoms with Crippen LogP contribution in [0.15, 0.2) is 52.5 Å². The minimum atomic E-state index is -0.339. The van der Waals surface area contributed by atoms with E-state index in [9.17, 15) is 9.59 Å². The quantitative estimate of drug-likeness (QED) is 0.736. The van der Waals surface area contributed by atoms with Gasteiger partial charge in [0.1, 0.15) is 6.61 Å². The summed E-state index contributed by atoms with van der Waals surface area (Å²) >= 11 is 3.33. The van der Waals surface area contributed by atoms with Crippen LogP contribution in [0.2, 0.25) is 0 Å².